The topological polar surface area (TPSA) is 98.0 Å². The molecule has 0 unspecified atom stereocenters. The molecular formula is C15H12N4O4. The number of aromatic nitrogens is 3. The average Bonchev–Trinajstić information content (AvgIpc) is 3.18. The van der Waals surface area contributed by atoms with Crippen LogP contribution in [0.4, 0.5) is 5.82 Å². The van der Waals surface area contributed by atoms with Crippen LogP contribution in [-0.2, 0) is 6.54 Å². The lowest BCUT2D eigenvalue weighted by atomic mass is 10.2. The van der Waals surface area contributed by atoms with Crippen LogP contribution in [0.1, 0.15) is 16.1 Å². The van der Waals surface area contributed by atoms with Crippen LogP contribution >= 0.6 is 0 Å². The standard InChI is InChI=1S/C15H12N4O4/c20-15(21)10-6-14-17-13(3-4-19(14)18-10)16-7-9-1-2-11-12(5-9)23-8-22-11/h1-6H,7-8H2,(H,16,17)(H,20,21). The van der Waals surface area contributed by atoms with Crippen LogP contribution in [0.2, 0.25) is 0 Å². The van der Waals surface area contributed by atoms with Crippen LogP contribution in [-0.4, -0.2) is 32.5 Å². The first-order valence-electron chi connectivity index (χ1n) is 6.91. The molecule has 2 aromatic heterocycles. The Balaban J connectivity index is 1.52. The predicted octanol–water partition coefficient (Wildman–Crippen LogP) is 1.77. The van der Waals surface area contributed by atoms with Crippen molar-refractivity contribution in [1.82, 2.24) is 14.6 Å². The van der Waals surface area contributed by atoms with Gasteiger partial charge in [0.2, 0.25) is 6.79 Å². The minimum atomic E-state index is -1.08. The summed E-state index contributed by atoms with van der Waals surface area (Å²) in [5.74, 6) is 1.03. The molecule has 23 heavy (non-hydrogen) atoms. The van der Waals surface area contributed by atoms with Gasteiger partial charge in [0.15, 0.2) is 22.8 Å². The number of aromatic carboxylic acids is 1. The third-order valence-electron chi connectivity index (χ3n) is 3.45. The monoisotopic (exact) mass is 312 g/mol. The first kappa shape index (κ1) is 13.4. The number of fused-ring (bicyclic) bond motifs is 2. The van der Waals surface area contributed by atoms with Crippen molar-refractivity contribution in [3.05, 3.63) is 47.8 Å². The summed E-state index contributed by atoms with van der Waals surface area (Å²) in [5.41, 5.74) is 1.46. The third-order valence-corrected chi connectivity index (χ3v) is 3.45. The van der Waals surface area contributed by atoms with Gasteiger partial charge in [-0.15, -0.1) is 0 Å². The molecule has 0 bridgehead atoms. The molecule has 1 aliphatic heterocycles. The fraction of sp³-hybridized carbons (Fsp3) is 0.133. The zero-order chi connectivity index (χ0) is 15.8. The summed E-state index contributed by atoms with van der Waals surface area (Å²) in [6, 6.07) is 8.88. The number of hydrogen-bond donors (Lipinski definition) is 2. The SMILES string of the molecule is O=C(O)c1cc2nc(NCc3ccc4c(c3)OCO4)ccn2n1. The van der Waals surface area contributed by atoms with Gasteiger partial charge in [0, 0.05) is 18.8 Å². The van der Waals surface area contributed by atoms with Crippen LogP contribution in [0, 0.1) is 0 Å². The van der Waals surface area contributed by atoms with E-state index in [1.807, 2.05) is 18.2 Å². The van der Waals surface area contributed by atoms with E-state index in [1.165, 1.54) is 10.6 Å². The molecule has 0 spiro atoms. The van der Waals surface area contributed by atoms with Gasteiger partial charge in [-0.3, -0.25) is 0 Å². The van der Waals surface area contributed by atoms with E-state index in [2.05, 4.69) is 15.4 Å². The number of rotatable bonds is 4. The first-order chi connectivity index (χ1) is 11.2. The van der Waals surface area contributed by atoms with Gasteiger partial charge >= 0.3 is 5.97 Å². The fourth-order valence-electron chi connectivity index (χ4n) is 2.33. The van der Waals surface area contributed by atoms with Crippen LogP contribution in [0.3, 0.4) is 0 Å². The summed E-state index contributed by atoms with van der Waals surface area (Å²) in [6.07, 6.45) is 1.66. The molecule has 3 heterocycles. The number of nitrogens with zero attached hydrogens (tertiary/aromatic N) is 3. The maximum atomic E-state index is 10.9. The van der Waals surface area contributed by atoms with E-state index in [4.69, 9.17) is 14.6 Å². The minimum absolute atomic E-state index is 0.0366. The summed E-state index contributed by atoms with van der Waals surface area (Å²) < 4.78 is 12.0. The molecule has 8 heteroatoms. The highest BCUT2D eigenvalue weighted by Gasteiger charge is 2.13. The van der Waals surface area contributed by atoms with Gasteiger partial charge in [0.25, 0.3) is 0 Å². The molecule has 2 N–H and O–H groups in total. The Labute approximate surface area is 130 Å². The molecule has 0 saturated carbocycles. The second-order valence-electron chi connectivity index (χ2n) is 4.99. The van der Waals surface area contributed by atoms with Gasteiger partial charge in [0.1, 0.15) is 5.82 Å². The molecule has 3 aromatic rings. The highest BCUT2D eigenvalue weighted by atomic mass is 16.7. The number of benzene rings is 1. The Hall–Kier alpha value is -3.29. The lowest BCUT2D eigenvalue weighted by molar-refractivity contribution is 0.0690. The predicted molar refractivity (Wildman–Crippen MR) is 79.8 cm³/mol. The number of nitrogens with one attached hydrogen (secondary N) is 1. The zero-order valence-electron chi connectivity index (χ0n) is 11.9. The molecule has 0 saturated heterocycles. The lowest BCUT2D eigenvalue weighted by Gasteiger charge is -2.06. The second-order valence-corrected chi connectivity index (χ2v) is 4.99. The third kappa shape index (κ3) is 2.50. The number of anilines is 1. The molecule has 0 amide bonds. The van der Waals surface area contributed by atoms with Gasteiger partial charge in [-0.1, -0.05) is 6.07 Å². The number of carbonyl (C=O) groups is 1. The Bertz CT molecular complexity index is 906. The number of carboxylic acids is 1. The highest BCUT2D eigenvalue weighted by Crippen LogP contribution is 2.32. The Morgan fingerprint density at radius 2 is 2.13 bits per heavy atom. The van der Waals surface area contributed by atoms with Gasteiger partial charge < -0.3 is 19.9 Å². The second kappa shape index (κ2) is 5.16. The van der Waals surface area contributed by atoms with Crippen molar-refractivity contribution in [2.24, 2.45) is 0 Å². The largest absolute Gasteiger partial charge is 0.476 e. The number of carboxylic acid groups (broad SMARTS) is 1. The molecular weight excluding hydrogens is 300 g/mol. The number of ether oxygens (including phenoxy) is 2. The average molecular weight is 312 g/mol. The Morgan fingerprint density at radius 1 is 1.26 bits per heavy atom. The van der Waals surface area contributed by atoms with Crippen molar-refractivity contribution < 1.29 is 19.4 Å². The van der Waals surface area contributed by atoms with Gasteiger partial charge in [0.05, 0.1) is 0 Å². The summed E-state index contributed by atoms with van der Waals surface area (Å²) in [7, 11) is 0. The van der Waals surface area contributed by atoms with E-state index < -0.39 is 5.97 Å². The van der Waals surface area contributed by atoms with E-state index in [1.54, 1.807) is 12.3 Å². The van der Waals surface area contributed by atoms with Crippen molar-refractivity contribution in [3.8, 4) is 11.5 Å². The molecule has 0 aliphatic carbocycles. The maximum absolute atomic E-state index is 10.9. The summed E-state index contributed by atoms with van der Waals surface area (Å²) >= 11 is 0. The van der Waals surface area contributed by atoms with Gasteiger partial charge in [-0.25, -0.2) is 14.3 Å². The molecule has 1 aromatic carbocycles. The highest BCUT2D eigenvalue weighted by molar-refractivity contribution is 5.86. The summed E-state index contributed by atoms with van der Waals surface area (Å²) in [4.78, 5) is 15.3. The normalized spacial score (nSPS) is 12.5. The van der Waals surface area contributed by atoms with E-state index >= 15 is 0 Å². The summed E-state index contributed by atoms with van der Waals surface area (Å²) in [5, 5.41) is 16.0. The van der Waals surface area contributed by atoms with Crippen LogP contribution in [0.5, 0.6) is 11.5 Å². The molecule has 8 nitrogen and oxygen atoms in total. The Morgan fingerprint density at radius 3 is 3.00 bits per heavy atom. The molecule has 116 valence electrons. The lowest BCUT2D eigenvalue weighted by Crippen LogP contribution is -2.02. The van der Waals surface area contributed by atoms with Crippen molar-refractivity contribution in [1.29, 1.82) is 0 Å². The zero-order valence-corrected chi connectivity index (χ0v) is 11.9. The fourth-order valence-corrected chi connectivity index (χ4v) is 2.33. The van der Waals surface area contributed by atoms with Crippen molar-refractivity contribution in [2.75, 3.05) is 12.1 Å². The quantitative estimate of drug-likeness (QED) is 0.757. The van der Waals surface area contributed by atoms with Gasteiger partial charge in [-0.2, -0.15) is 5.10 Å². The molecule has 0 atom stereocenters. The van der Waals surface area contributed by atoms with Crippen LogP contribution in [0.25, 0.3) is 5.65 Å². The smallest absolute Gasteiger partial charge is 0.356 e. The number of hydrogen-bond acceptors (Lipinski definition) is 6. The molecule has 0 fully saturated rings. The molecule has 1 aliphatic rings. The van der Waals surface area contributed by atoms with E-state index in [0.29, 0.717) is 18.0 Å². The van der Waals surface area contributed by atoms with Crippen molar-refractivity contribution in [3.63, 3.8) is 0 Å². The van der Waals surface area contributed by atoms with Crippen LogP contribution < -0.4 is 14.8 Å². The Kier molecular flexibility index (Phi) is 3.00. The molecule has 0 radical (unpaired) electrons. The molecule has 4 rings (SSSR count). The maximum Gasteiger partial charge on any atom is 0.356 e. The summed E-state index contributed by atoms with van der Waals surface area (Å²) in [6.45, 7) is 0.803. The van der Waals surface area contributed by atoms with E-state index in [9.17, 15) is 4.79 Å². The van der Waals surface area contributed by atoms with Crippen molar-refractivity contribution >= 4 is 17.4 Å². The van der Waals surface area contributed by atoms with E-state index in [-0.39, 0.29) is 12.5 Å². The van der Waals surface area contributed by atoms with Crippen LogP contribution in [0.15, 0.2) is 36.5 Å². The van der Waals surface area contributed by atoms with E-state index in [0.717, 1.165) is 17.1 Å². The van der Waals surface area contributed by atoms with Crippen molar-refractivity contribution in [2.45, 2.75) is 6.54 Å². The minimum Gasteiger partial charge on any atom is -0.476 e. The first-order valence-corrected chi connectivity index (χ1v) is 6.91. The van der Waals surface area contributed by atoms with Gasteiger partial charge in [-0.05, 0) is 23.8 Å².